The van der Waals surface area contributed by atoms with E-state index in [1.165, 1.54) is 6.20 Å². The number of carbonyl (C=O) groups is 5. The third-order valence-corrected chi connectivity index (χ3v) is 8.98. The van der Waals surface area contributed by atoms with Gasteiger partial charge in [0.05, 0.1) is 0 Å². The van der Waals surface area contributed by atoms with E-state index in [9.17, 15) is 24.0 Å². The van der Waals surface area contributed by atoms with Gasteiger partial charge >= 0.3 is 0 Å². The molecule has 5 rings (SSSR count). The van der Waals surface area contributed by atoms with Gasteiger partial charge in [-0.25, -0.2) is 0 Å². The predicted molar refractivity (Wildman–Crippen MR) is 145 cm³/mol. The van der Waals surface area contributed by atoms with Crippen LogP contribution in [0, 0.1) is 35.0 Å². The highest BCUT2D eigenvalue weighted by molar-refractivity contribution is 5.98. The lowest BCUT2D eigenvalue weighted by atomic mass is 9.81. The van der Waals surface area contributed by atoms with Crippen molar-refractivity contribution in [3.8, 4) is 0 Å². The number of nitrogens with two attached hydrogens (primary N) is 1. The zero-order chi connectivity index (χ0) is 28.8. The Bertz CT molecular complexity index is 1230. The average molecular weight is 551 g/mol. The van der Waals surface area contributed by atoms with Crippen LogP contribution in [0.25, 0.3) is 0 Å². The molecule has 11 nitrogen and oxygen atoms in total. The first-order valence-corrected chi connectivity index (χ1v) is 14.0. The van der Waals surface area contributed by atoms with Crippen molar-refractivity contribution in [3.05, 3.63) is 42.2 Å². The Hall–Kier alpha value is -3.76. The quantitative estimate of drug-likeness (QED) is 0.342. The van der Waals surface area contributed by atoms with Gasteiger partial charge in [0.1, 0.15) is 23.8 Å². The largest absolute Gasteiger partial charge is 0.368 e. The summed E-state index contributed by atoms with van der Waals surface area (Å²) in [7, 11) is 0. The van der Waals surface area contributed by atoms with Crippen LogP contribution in [-0.2, 0) is 19.2 Å². The number of amides is 5. The first-order chi connectivity index (χ1) is 19.0. The number of primary amides is 1. The number of hydrogen-bond donors (Lipinski definition) is 4. The molecule has 0 spiro atoms. The summed E-state index contributed by atoms with van der Waals surface area (Å²) in [5.41, 5.74) is 5.18. The number of likely N-dealkylation sites (tertiary alicyclic amines) is 1. The SMILES string of the molecule is CC(C)(C)[C@H](NC(=O)c1ccccn1)C(=O)N1C[C@H]2[C@@H]([C@H]1C(=O)N[C@@H](C[C@@H]1CCNC1=O)C(N)=O)[C@H]1C=C[C@@H]2C1. The summed E-state index contributed by atoms with van der Waals surface area (Å²) < 4.78 is 0. The first kappa shape index (κ1) is 27.8. The number of allylic oxidation sites excluding steroid dienone is 2. The van der Waals surface area contributed by atoms with Crippen LogP contribution in [0.2, 0.25) is 0 Å². The second kappa shape index (κ2) is 10.7. The predicted octanol–water partition coefficient (Wildman–Crippen LogP) is 0.372. The lowest BCUT2D eigenvalue weighted by Crippen LogP contribution is -2.60. The van der Waals surface area contributed by atoms with Crippen molar-refractivity contribution in [2.75, 3.05) is 13.1 Å². The van der Waals surface area contributed by atoms with Gasteiger partial charge in [0.25, 0.3) is 5.91 Å². The number of aromatic nitrogens is 1. The van der Waals surface area contributed by atoms with Crippen molar-refractivity contribution in [1.82, 2.24) is 25.8 Å². The Labute approximate surface area is 233 Å². The molecule has 2 aliphatic carbocycles. The third-order valence-electron chi connectivity index (χ3n) is 8.98. The minimum Gasteiger partial charge on any atom is -0.368 e. The van der Waals surface area contributed by atoms with Crippen LogP contribution in [0.3, 0.4) is 0 Å². The standard InChI is InChI=1S/C29H38N6O5/c1-29(2,3)23(34-26(38)19-6-4-5-10-31-19)28(40)35-14-18-15-7-8-16(12-15)21(18)22(35)27(39)33-20(24(30)36)13-17-9-11-32-25(17)37/h4-8,10,15-18,20-23H,9,11-14H2,1-3H3,(H2,30,36)(H,32,37)(H,33,39)(H,34,38)/t15-,16+,17+,18-,20+,21+,22+,23-/m1/s1. The smallest absolute Gasteiger partial charge is 0.270 e. The van der Waals surface area contributed by atoms with Crippen molar-refractivity contribution < 1.29 is 24.0 Å². The van der Waals surface area contributed by atoms with E-state index in [4.69, 9.17) is 5.73 Å². The van der Waals surface area contributed by atoms with E-state index < -0.39 is 47.2 Å². The van der Waals surface area contributed by atoms with Crippen LogP contribution < -0.4 is 21.7 Å². The van der Waals surface area contributed by atoms with Crippen LogP contribution in [-0.4, -0.2) is 70.6 Å². The topological polar surface area (TPSA) is 164 Å². The summed E-state index contributed by atoms with van der Waals surface area (Å²) in [4.78, 5) is 71.4. The number of pyridine rings is 1. The van der Waals surface area contributed by atoms with Gasteiger partial charge in [-0.05, 0) is 60.5 Å². The van der Waals surface area contributed by atoms with Gasteiger partial charge in [0, 0.05) is 25.2 Å². The van der Waals surface area contributed by atoms with Gasteiger partial charge < -0.3 is 26.6 Å². The summed E-state index contributed by atoms with van der Waals surface area (Å²) in [5, 5.41) is 8.41. The molecule has 4 aliphatic rings. The van der Waals surface area contributed by atoms with Crippen LogP contribution in [0.4, 0.5) is 0 Å². The number of rotatable bonds is 8. The van der Waals surface area contributed by atoms with Crippen LogP contribution >= 0.6 is 0 Å². The van der Waals surface area contributed by atoms with Gasteiger partial charge in [0.15, 0.2) is 0 Å². The van der Waals surface area contributed by atoms with Crippen molar-refractivity contribution in [2.24, 2.45) is 40.7 Å². The molecule has 2 saturated heterocycles. The van der Waals surface area contributed by atoms with Crippen LogP contribution in [0.5, 0.6) is 0 Å². The number of fused-ring (bicyclic) bond motifs is 5. The van der Waals surface area contributed by atoms with E-state index in [-0.39, 0.29) is 47.6 Å². The van der Waals surface area contributed by atoms with Crippen LogP contribution in [0.15, 0.2) is 36.5 Å². The molecule has 3 fully saturated rings. The van der Waals surface area contributed by atoms with Gasteiger partial charge in [-0.1, -0.05) is 39.0 Å². The molecule has 8 atom stereocenters. The van der Waals surface area contributed by atoms with Crippen molar-refractivity contribution in [1.29, 1.82) is 0 Å². The number of nitrogens with zero attached hydrogens (tertiary/aromatic N) is 2. The summed E-state index contributed by atoms with van der Waals surface area (Å²) in [6.07, 6.45) is 7.41. The summed E-state index contributed by atoms with van der Waals surface area (Å²) >= 11 is 0. The molecule has 3 heterocycles. The van der Waals surface area contributed by atoms with Gasteiger partial charge in [-0.3, -0.25) is 29.0 Å². The number of carbonyl (C=O) groups excluding carboxylic acids is 5. The molecule has 1 aromatic heterocycles. The van der Waals surface area contributed by atoms with Crippen molar-refractivity contribution in [3.63, 3.8) is 0 Å². The van der Waals surface area contributed by atoms with Gasteiger partial charge in [-0.15, -0.1) is 0 Å². The van der Waals surface area contributed by atoms with E-state index in [1.807, 2.05) is 20.8 Å². The Balaban J connectivity index is 1.40. The molecule has 11 heteroatoms. The summed E-state index contributed by atoms with van der Waals surface area (Å²) in [5.74, 6) is -2.14. The Kier molecular flexibility index (Phi) is 7.41. The molecule has 214 valence electrons. The summed E-state index contributed by atoms with van der Waals surface area (Å²) in [6, 6.07) is 2.20. The minimum atomic E-state index is -1.03. The highest BCUT2D eigenvalue weighted by Crippen LogP contribution is 2.54. The maximum absolute atomic E-state index is 14.2. The zero-order valence-corrected chi connectivity index (χ0v) is 23.1. The van der Waals surface area contributed by atoms with Gasteiger partial charge in [-0.2, -0.15) is 0 Å². The molecule has 0 unspecified atom stereocenters. The second-order valence-electron chi connectivity index (χ2n) is 12.6. The molecular formula is C29H38N6O5. The maximum atomic E-state index is 14.2. The molecule has 1 aromatic rings. The number of nitrogens with one attached hydrogen (secondary N) is 3. The van der Waals surface area contributed by atoms with E-state index in [0.717, 1.165) is 6.42 Å². The second-order valence-corrected chi connectivity index (χ2v) is 12.6. The monoisotopic (exact) mass is 550 g/mol. The normalized spacial score (nSPS) is 30.0. The molecule has 2 bridgehead atoms. The molecule has 0 radical (unpaired) electrons. The molecule has 2 aliphatic heterocycles. The molecule has 5 N–H and O–H groups in total. The molecule has 0 aromatic carbocycles. The highest BCUT2D eigenvalue weighted by Gasteiger charge is 2.59. The third kappa shape index (κ3) is 5.21. The Morgan fingerprint density at radius 2 is 1.90 bits per heavy atom. The van der Waals surface area contributed by atoms with E-state index >= 15 is 0 Å². The fraction of sp³-hybridized carbons (Fsp3) is 0.586. The Morgan fingerprint density at radius 3 is 2.52 bits per heavy atom. The molecular weight excluding hydrogens is 512 g/mol. The summed E-state index contributed by atoms with van der Waals surface area (Å²) in [6.45, 7) is 6.49. The lowest BCUT2D eigenvalue weighted by Gasteiger charge is -2.37. The fourth-order valence-corrected chi connectivity index (χ4v) is 6.95. The molecule has 5 amide bonds. The first-order valence-electron chi connectivity index (χ1n) is 14.0. The van der Waals surface area contributed by atoms with E-state index in [1.54, 1.807) is 23.1 Å². The lowest BCUT2D eigenvalue weighted by molar-refractivity contribution is -0.143. The van der Waals surface area contributed by atoms with Crippen molar-refractivity contribution in [2.45, 2.75) is 58.2 Å². The fourth-order valence-electron chi connectivity index (χ4n) is 6.95. The highest BCUT2D eigenvalue weighted by atomic mass is 16.2. The number of hydrogen-bond acceptors (Lipinski definition) is 6. The van der Waals surface area contributed by atoms with E-state index in [2.05, 4.69) is 33.1 Å². The van der Waals surface area contributed by atoms with Crippen molar-refractivity contribution >= 4 is 29.5 Å². The maximum Gasteiger partial charge on any atom is 0.270 e. The van der Waals surface area contributed by atoms with Crippen LogP contribution in [0.1, 0.15) is 50.5 Å². The molecule has 1 saturated carbocycles. The zero-order valence-electron chi connectivity index (χ0n) is 23.1. The average Bonchev–Trinajstić information content (AvgIpc) is 3.69. The molecule has 40 heavy (non-hydrogen) atoms. The van der Waals surface area contributed by atoms with E-state index in [0.29, 0.717) is 19.5 Å². The minimum absolute atomic E-state index is 0.102. The Morgan fingerprint density at radius 1 is 1.15 bits per heavy atom. The van der Waals surface area contributed by atoms with Gasteiger partial charge in [0.2, 0.25) is 23.6 Å².